The van der Waals surface area contributed by atoms with Crippen LogP contribution in [0.5, 0.6) is 0 Å². The predicted molar refractivity (Wildman–Crippen MR) is 121 cm³/mol. The Labute approximate surface area is 184 Å². The van der Waals surface area contributed by atoms with Crippen molar-refractivity contribution in [3.05, 3.63) is 59.3 Å². The third-order valence-corrected chi connectivity index (χ3v) is 7.19. The van der Waals surface area contributed by atoms with Gasteiger partial charge in [0.05, 0.1) is 5.92 Å². The number of piperidine rings is 1. The van der Waals surface area contributed by atoms with E-state index in [2.05, 4.69) is 27.7 Å². The molecule has 3 heterocycles. The van der Waals surface area contributed by atoms with E-state index in [-0.39, 0.29) is 0 Å². The van der Waals surface area contributed by atoms with Gasteiger partial charge in [-0.1, -0.05) is 36.4 Å². The SMILES string of the molecule is O=C(O)C(CNC1C2CN(CCCc3ccc4c(n3)NCCC4)CC21)c1ccccc1. The van der Waals surface area contributed by atoms with Crippen LogP contribution in [-0.4, -0.2) is 59.7 Å². The van der Waals surface area contributed by atoms with Gasteiger partial charge in [-0.25, -0.2) is 4.98 Å². The minimum absolute atomic E-state index is 0.475. The van der Waals surface area contributed by atoms with Crippen molar-refractivity contribution in [2.24, 2.45) is 11.8 Å². The van der Waals surface area contributed by atoms with Crippen LogP contribution in [0.3, 0.4) is 0 Å². The second kappa shape index (κ2) is 8.97. The molecule has 3 N–H and O–H groups in total. The molecular formula is C25H32N4O2. The highest BCUT2D eigenvalue weighted by Gasteiger charge is 2.55. The molecule has 1 aromatic carbocycles. The van der Waals surface area contributed by atoms with Crippen molar-refractivity contribution in [1.29, 1.82) is 0 Å². The molecule has 0 bridgehead atoms. The van der Waals surface area contributed by atoms with E-state index in [1.807, 2.05) is 30.3 Å². The topological polar surface area (TPSA) is 77.5 Å². The van der Waals surface area contributed by atoms with Crippen LogP contribution >= 0.6 is 0 Å². The van der Waals surface area contributed by atoms with Crippen LogP contribution in [0.2, 0.25) is 0 Å². The van der Waals surface area contributed by atoms with Gasteiger partial charge >= 0.3 is 5.97 Å². The minimum Gasteiger partial charge on any atom is -0.481 e. The first-order valence-electron chi connectivity index (χ1n) is 11.6. The number of rotatable bonds is 9. The number of aliphatic carboxylic acids is 1. The highest BCUT2D eigenvalue weighted by molar-refractivity contribution is 5.76. The number of nitrogens with zero attached hydrogens (tertiary/aromatic N) is 2. The Morgan fingerprint density at radius 2 is 2.00 bits per heavy atom. The number of carboxylic acid groups (broad SMARTS) is 1. The molecule has 3 unspecified atom stereocenters. The van der Waals surface area contributed by atoms with Gasteiger partial charge in [0.2, 0.25) is 0 Å². The van der Waals surface area contributed by atoms with Gasteiger partial charge in [-0.3, -0.25) is 4.79 Å². The molecule has 0 radical (unpaired) electrons. The minimum atomic E-state index is -0.753. The first-order valence-corrected chi connectivity index (χ1v) is 11.6. The Kier molecular flexibility index (Phi) is 5.92. The molecule has 1 saturated heterocycles. The molecule has 1 saturated carbocycles. The maximum atomic E-state index is 11.7. The number of benzene rings is 1. The zero-order valence-electron chi connectivity index (χ0n) is 18.0. The number of aryl methyl sites for hydroxylation is 2. The standard InChI is InChI=1S/C25H32N4O2/c30-25(31)20(17-6-2-1-3-7-17)14-27-23-21-15-29(16-22(21)23)13-5-9-19-11-10-18-8-4-12-26-24(18)28-19/h1-3,6-7,10-11,20-23,27H,4-5,8-9,12-16H2,(H,26,28)(H,30,31). The van der Waals surface area contributed by atoms with Gasteiger partial charge in [0, 0.05) is 37.9 Å². The van der Waals surface area contributed by atoms with Crippen LogP contribution in [0.1, 0.15) is 35.6 Å². The number of anilines is 1. The van der Waals surface area contributed by atoms with Crippen LogP contribution < -0.4 is 10.6 Å². The molecule has 5 rings (SSSR count). The van der Waals surface area contributed by atoms with E-state index in [1.54, 1.807) is 0 Å². The van der Waals surface area contributed by atoms with Crippen molar-refractivity contribution < 1.29 is 9.90 Å². The van der Waals surface area contributed by atoms with Gasteiger partial charge in [-0.2, -0.15) is 0 Å². The molecule has 3 aliphatic rings. The number of aromatic nitrogens is 1. The van der Waals surface area contributed by atoms with Crippen molar-refractivity contribution >= 4 is 11.8 Å². The van der Waals surface area contributed by atoms with E-state index in [0.717, 1.165) is 56.8 Å². The lowest BCUT2D eigenvalue weighted by Crippen LogP contribution is -2.35. The third-order valence-electron chi connectivity index (χ3n) is 7.19. The second-order valence-corrected chi connectivity index (χ2v) is 9.27. The zero-order valence-corrected chi connectivity index (χ0v) is 18.0. The molecule has 2 aromatic rings. The molecule has 2 aliphatic heterocycles. The lowest BCUT2D eigenvalue weighted by Gasteiger charge is -2.21. The lowest BCUT2D eigenvalue weighted by atomic mass is 9.99. The Morgan fingerprint density at radius 3 is 2.77 bits per heavy atom. The molecule has 1 aliphatic carbocycles. The molecular weight excluding hydrogens is 388 g/mol. The average Bonchev–Trinajstić information content (AvgIpc) is 3.24. The van der Waals surface area contributed by atoms with Crippen molar-refractivity contribution in [2.45, 2.75) is 37.6 Å². The summed E-state index contributed by atoms with van der Waals surface area (Å²) in [5.41, 5.74) is 3.42. The average molecular weight is 421 g/mol. The second-order valence-electron chi connectivity index (χ2n) is 9.27. The highest BCUT2D eigenvalue weighted by atomic mass is 16.4. The summed E-state index contributed by atoms with van der Waals surface area (Å²) in [7, 11) is 0. The normalized spacial score (nSPS) is 25.4. The summed E-state index contributed by atoms with van der Waals surface area (Å²) in [6.45, 7) is 4.92. The fourth-order valence-corrected chi connectivity index (χ4v) is 5.38. The summed E-state index contributed by atoms with van der Waals surface area (Å²) in [5.74, 6) is 1.22. The highest BCUT2D eigenvalue weighted by Crippen LogP contribution is 2.45. The summed E-state index contributed by atoms with van der Waals surface area (Å²) >= 11 is 0. The van der Waals surface area contributed by atoms with Gasteiger partial charge in [0.15, 0.2) is 0 Å². The van der Waals surface area contributed by atoms with E-state index in [1.165, 1.54) is 17.7 Å². The van der Waals surface area contributed by atoms with E-state index < -0.39 is 11.9 Å². The number of likely N-dealkylation sites (tertiary alicyclic amines) is 1. The molecule has 3 atom stereocenters. The number of carboxylic acids is 1. The van der Waals surface area contributed by atoms with E-state index in [9.17, 15) is 9.90 Å². The molecule has 6 heteroatoms. The third kappa shape index (κ3) is 4.60. The van der Waals surface area contributed by atoms with Gasteiger partial charge in [-0.15, -0.1) is 0 Å². The molecule has 1 aromatic heterocycles. The summed E-state index contributed by atoms with van der Waals surface area (Å²) in [6.07, 6.45) is 4.50. The molecule has 31 heavy (non-hydrogen) atoms. The molecule has 0 amide bonds. The smallest absolute Gasteiger partial charge is 0.312 e. The van der Waals surface area contributed by atoms with Crippen LogP contribution in [0, 0.1) is 11.8 Å². The zero-order chi connectivity index (χ0) is 21.2. The van der Waals surface area contributed by atoms with Gasteiger partial charge < -0.3 is 20.6 Å². The number of carbonyl (C=O) groups is 1. The van der Waals surface area contributed by atoms with Crippen molar-refractivity contribution in [3.8, 4) is 0 Å². The molecule has 164 valence electrons. The van der Waals surface area contributed by atoms with Gasteiger partial charge in [-0.05, 0) is 61.3 Å². The largest absolute Gasteiger partial charge is 0.481 e. The number of fused-ring (bicyclic) bond motifs is 2. The van der Waals surface area contributed by atoms with Crippen molar-refractivity contribution in [3.63, 3.8) is 0 Å². The fourth-order valence-electron chi connectivity index (χ4n) is 5.38. The maximum absolute atomic E-state index is 11.7. The number of hydrogen-bond donors (Lipinski definition) is 3. The fraction of sp³-hybridized carbons (Fsp3) is 0.520. The first-order chi connectivity index (χ1) is 15.2. The summed E-state index contributed by atoms with van der Waals surface area (Å²) in [4.78, 5) is 19.1. The summed E-state index contributed by atoms with van der Waals surface area (Å²) < 4.78 is 0. The Hall–Kier alpha value is -2.44. The lowest BCUT2D eigenvalue weighted by molar-refractivity contribution is -0.138. The summed E-state index contributed by atoms with van der Waals surface area (Å²) in [5, 5.41) is 16.6. The van der Waals surface area contributed by atoms with Gasteiger partial charge in [0.1, 0.15) is 5.82 Å². The van der Waals surface area contributed by atoms with Crippen molar-refractivity contribution in [2.75, 3.05) is 38.0 Å². The van der Waals surface area contributed by atoms with Crippen LogP contribution in [0.4, 0.5) is 5.82 Å². The molecule has 0 spiro atoms. The van der Waals surface area contributed by atoms with Crippen LogP contribution in [-0.2, 0) is 17.6 Å². The van der Waals surface area contributed by atoms with E-state index >= 15 is 0 Å². The Bertz CT molecular complexity index is 907. The maximum Gasteiger partial charge on any atom is 0.312 e. The van der Waals surface area contributed by atoms with Gasteiger partial charge in [0.25, 0.3) is 0 Å². The summed E-state index contributed by atoms with van der Waals surface area (Å²) in [6, 6.07) is 14.5. The monoisotopic (exact) mass is 420 g/mol. The quantitative estimate of drug-likeness (QED) is 0.579. The predicted octanol–water partition coefficient (Wildman–Crippen LogP) is 2.76. The Balaban J connectivity index is 1.04. The van der Waals surface area contributed by atoms with E-state index in [0.29, 0.717) is 24.4 Å². The Morgan fingerprint density at radius 1 is 1.19 bits per heavy atom. The van der Waals surface area contributed by atoms with E-state index in [4.69, 9.17) is 4.98 Å². The van der Waals surface area contributed by atoms with Crippen molar-refractivity contribution in [1.82, 2.24) is 15.2 Å². The number of hydrogen-bond acceptors (Lipinski definition) is 5. The molecule has 2 fully saturated rings. The first kappa shape index (κ1) is 20.5. The molecule has 6 nitrogen and oxygen atoms in total. The van der Waals surface area contributed by atoms with Crippen LogP contribution in [0.25, 0.3) is 0 Å². The van der Waals surface area contributed by atoms with Crippen LogP contribution in [0.15, 0.2) is 42.5 Å². The number of nitrogens with one attached hydrogen (secondary N) is 2. The number of pyridine rings is 1.